The molecule has 7 heterocycles. The second-order valence-electron chi connectivity index (χ2n) is 32.9. The molecule has 0 saturated carbocycles. The second-order valence-corrected chi connectivity index (χ2v) is 32.9. The SMILES string of the molecule is N#Cc1ccc(-c2ccc(-n3c4ccc(-c5nc(-c6ccccc6)nc(-c6ccccc6)n5)cc4c4cc(-c5nc(-c6ccccc6)nc(-c6ccccc6)n5)ccc43)c(-c3ccc(-n4c5ccc(-c6nc(-c7ccccc7)nc(-c7ccccc7)n6)cc5c5cc(-c6nc(-c7ccccc7)nc(-c7ccccc7)n6)ccc54)c(-c4nc(-c5ccccc5)nc(-c5ccccc5)n4)c3)c2)cc1. The van der Waals surface area contributed by atoms with Crippen molar-refractivity contribution in [2.24, 2.45) is 0 Å². The molecule has 24 aromatic rings. The normalized spacial score (nSPS) is 11.4. The number of hydrogen-bond donors (Lipinski definition) is 0. The summed E-state index contributed by atoms with van der Waals surface area (Å²) in [6.45, 7) is 0. The van der Waals surface area contributed by atoms with Crippen molar-refractivity contribution in [1.82, 2.24) is 83.9 Å². The Morgan fingerprint density at radius 2 is 0.331 bits per heavy atom. The molecular weight excluding hydrogens is 1670 g/mol. The van der Waals surface area contributed by atoms with E-state index >= 15 is 0 Å². The Labute approximate surface area is 780 Å². The van der Waals surface area contributed by atoms with E-state index in [1.807, 2.05) is 328 Å². The first-order valence-corrected chi connectivity index (χ1v) is 44.6. The highest BCUT2D eigenvalue weighted by Crippen LogP contribution is 2.46. The average Bonchev–Trinajstić information content (AvgIpc) is 1.56. The van der Waals surface area contributed by atoms with Gasteiger partial charge in [0.25, 0.3) is 0 Å². The lowest BCUT2D eigenvalue weighted by Gasteiger charge is -2.19. The van der Waals surface area contributed by atoms with Crippen molar-refractivity contribution >= 4 is 43.6 Å². The first kappa shape index (κ1) is 80.2. The molecule has 17 aromatic carbocycles. The molecule has 0 aliphatic heterocycles. The highest BCUT2D eigenvalue weighted by atomic mass is 15.1. The maximum absolute atomic E-state index is 10.3. The summed E-state index contributed by atoms with van der Waals surface area (Å²) in [7, 11) is 0. The maximum atomic E-state index is 10.3. The maximum Gasteiger partial charge on any atom is 0.166 e. The molecule has 18 heteroatoms. The van der Waals surface area contributed by atoms with Gasteiger partial charge in [-0.15, -0.1) is 0 Å². The molecule has 634 valence electrons. The summed E-state index contributed by atoms with van der Waals surface area (Å²) in [5, 5.41) is 13.8. The van der Waals surface area contributed by atoms with Gasteiger partial charge in [-0.25, -0.2) is 74.8 Å². The second kappa shape index (κ2) is 34.7. The molecule has 0 aliphatic carbocycles. The van der Waals surface area contributed by atoms with Crippen LogP contribution >= 0.6 is 0 Å². The number of nitrogens with zero attached hydrogens (tertiary/aromatic N) is 18. The number of fused-ring (bicyclic) bond motifs is 6. The highest BCUT2D eigenvalue weighted by molar-refractivity contribution is 6.14. The Bertz CT molecular complexity index is 8080. The van der Waals surface area contributed by atoms with Crippen LogP contribution in [0.2, 0.25) is 0 Å². The summed E-state index contributed by atoms with van der Waals surface area (Å²) >= 11 is 0. The summed E-state index contributed by atoms with van der Waals surface area (Å²) in [6, 6.07) is 150. The van der Waals surface area contributed by atoms with Crippen molar-refractivity contribution in [2.45, 2.75) is 0 Å². The Hall–Kier alpha value is -19.1. The van der Waals surface area contributed by atoms with Gasteiger partial charge >= 0.3 is 0 Å². The van der Waals surface area contributed by atoms with E-state index in [0.717, 1.165) is 155 Å². The van der Waals surface area contributed by atoms with Crippen LogP contribution in [0, 0.1) is 11.3 Å². The van der Waals surface area contributed by atoms with Gasteiger partial charge in [-0.05, 0) is 126 Å². The summed E-state index contributed by atoms with van der Waals surface area (Å²) in [4.78, 5) is 79.7. The topological polar surface area (TPSA) is 227 Å². The lowest BCUT2D eigenvalue weighted by molar-refractivity contribution is 1.06. The fourth-order valence-electron chi connectivity index (χ4n) is 17.8. The number of aromatic nitrogens is 17. The van der Waals surface area contributed by atoms with Crippen LogP contribution < -0.4 is 0 Å². The van der Waals surface area contributed by atoms with Crippen LogP contribution in [-0.4, -0.2) is 83.9 Å². The van der Waals surface area contributed by atoms with E-state index in [1.54, 1.807) is 0 Å². The number of rotatable bonds is 19. The minimum Gasteiger partial charge on any atom is -0.309 e. The summed E-state index contributed by atoms with van der Waals surface area (Å²) in [6.07, 6.45) is 0. The number of hydrogen-bond acceptors (Lipinski definition) is 16. The van der Waals surface area contributed by atoms with Crippen molar-refractivity contribution in [3.8, 4) is 211 Å². The van der Waals surface area contributed by atoms with E-state index in [2.05, 4.69) is 124 Å². The average molecular weight is 1740 g/mol. The molecule has 0 radical (unpaired) electrons. The van der Waals surface area contributed by atoms with Crippen LogP contribution in [-0.2, 0) is 0 Å². The summed E-state index contributed by atoms with van der Waals surface area (Å²) < 4.78 is 4.66. The van der Waals surface area contributed by atoms with Gasteiger partial charge in [0.05, 0.1) is 45.1 Å². The molecule has 0 N–H and O–H groups in total. The van der Waals surface area contributed by atoms with Crippen LogP contribution in [0.4, 0.5) is 0 Å². The molecule has 7 aromatic heterocycles. The third-order valence-corrected chi connectivity index (χ3v) is 24.4. The summed E-state index contributed by atoms with van der Waals surface area (Å²) in [5.74, 6) is 7.59. The molecular formula is C118H72N18. The smallest absolute Gasteiger partial charge is 0.166 e. The standard InChI is InChI=1S/C118H72N18/c119-73-74-51-53-75(54-52-74)86-55-61-98(135-99-63-57-88(114-125-104(76-31-11-1-12-32-76)120-105(126-114)77-33-13-2-14-34-77)69-93(99)94-70-89(58-64-100(94)135)115-127-106(78-35-15-3-16-36-78)121-107(128-115)79-37-17-4-18-38-79)92(67-86)87-56-62-103(97(68-87)118-133-112(84-47-27-9-28-48-84)124-113(134-118)85-49-29-10-30-50-85)136-101-65-59-90(116-129-108(80-39-19-5-20-40-80)122-109(130-116)81-41-21-6-22-42-81)71-95(101)96-72-91(60-66-102(96)136)117-131-110(82-43-23-7-24-44-82)123-111(132-117)83-45-25-8-26-46-83/h1-72H. The lowest BCUT2D eigenvalue weighted by Crippen LogP contribution is -2.05. The molecule has 0 amide bonds. The van der Waals surface area contributed by atoms with E-state index in [4.69, 9.17) is 74.8 Å². The fourth-order valence-corrected chi connectivity index (χ4v) is 17.8. The van der Waals surface area contributed by atoms with E-state index in [1.165, 1.54) is 0 Å². The van der Waals surface area contributed by atoms with Crippen LogP contribution in [0.15, 0.2) is 437 Å². The zero-order valence-electron chi connectivity index (χ0n) is 72.6. The Kier molecular flexibility index (Phi) is 20.5. The quantitative estimate of drug-likeness (QED) is 0.0733. The van der Waals surface area contributed by atoms with Gasteiger partial charge in [-0.1, -0.05) is 328 Å². The molecule has 0 saturated heterocycles. The van der Waals surface area contributed by atoms with Gasteiger partial charge in [0.15, 0.2) is 87.4 Å². The van der Waals surface area contributed by atoms with E-state index in [9.17, 15) is 5.26 Å². The van der Waals surface area contributed by atoms with Crippen LogP contribution in [0.1, 0.15) is 5.56 Å². The fraction of sp³-hybridized carbons (Fsp3) is 0. The third kappa shape index (κ3) is 15.4. The predicted octanol–water partition coefficient (Wildman–Crippen LogP) is 27.0. The van der Waals surface area contributed by atoms with Gasteiger partial charge in [-0.2, -0.15) is 5.26 Å². The van der Waals surface area contributed by atoms with Gasteiger partial charge in [0.1, 0.15) is 0 Å². The number of benzene rings is 17. The van der Waals surface area contributed by atoms with Crippen molar-refractivity contribution in [1.29, 1.82) is 5.26 Å². The summed E-state index contributed by atoms with van der Waals surface area (Å²) in [5.41, 5.74) is 21.1. The molecule has 0 spiro atoms. The molecule has 0 unspecified atom stereocenters. The largest absolute Gasteiger partial charge is 0.309 e. The van der Waals surface area contributed by atoms with Gasteiger partial charge in [-0.3, -0.25) is 0 Å². The molecule has 0 bridgehead atoms. The Balaban J connectivity index is 0.773. The van der Waals surface area contributed by atoms with Crippen LogP contribution in [0.25, 0.3) is 248 Å². The Morgan fingerprint density at radius 1 is 0.147 bits per heavy atom. The van der Waals surface area contributed by atoms with E-state index < -0.39 is 0 Å². The number of nitriles is 1. The first-order valence-electron chi connectivity index (χ1n) is 44.6. The zero-order valence-corrected chi connectivity index (χ0v) is 72.6. The first-order chi connectivity index (χ1) is 67.3. The van der Waals surface area contributed by atoms with E-state index in [-0.39, 0.29) is 0 Å². The minimum absolute atomic E-state index is 0.405. The monoisotopic (exact) mass is 1740 g/mol. The molecule has 0 fully saturated rings. The molecule has 0 atom stereocenters. The van der Waals surface area contributed by atoms with Gasteiger partial charge in [0, 0.05) is 111 Å². The minimum atomic E-state index is 0.405. The predicted molar refractivity (Wildman–Crippen MR) is 539 cm³/mol. The third-order valence-electron chi connectivity index (χ3n) is 24.4. The molecule has 0 aliphatic rings. The van der Waals surface area contributed by atoms with Crippen LogP contribution in [0.3, 0.4) is 0 Å². The van der Waals surface area contributed by atoms with Crippen molar-refractivity contribution < 1.29 is 0 Å². The molecule has 24 rings (SSSR count). The van der Waals surface area contributed by atoms with Gasteiger partial charge in [0.2, 0.25) is 0 Å². The highest BCUT2D eigenvalue weighted by Gasteiger charge is 2.28. The van der Waals surface area contributed by atoms with Crippen molar-refractivity contribution in [3.63, 3.8) is 0 Å². The molecule has 136 heavy (non-hydrogen) atoms. The van der Waals surface area contributed by atoms with Gasteiger partial charge < -0.3 is 9.13 Å². The van der Waals surface area contributed by atoms with Crippen molar-refractivity contribution in [2.75, 3.05) is 0 Å². The Morgan fingerprint density at radius 3 is 0.559 bits per heavy atom. The molecule has 18 nitrogen and oxygen atoms in total. The lowest BCUT2D eigenvalue weighted by atomic mass is 9.94. The van der Waals surface area contributed by atoms with Crippen molar-refractivity contribution in [3.05, 3.63) is 442 Å². The zero-order chi connectivity index (χ0) is 90.4. The van der Waals surface area contributed by atoms with E-state index in [0.29, 0.717) is 98.5 Å². The van der Waals surface area contributed by atoms with Crippen LogP contribution in [0.5, 0.6) is 0 Å².